The number of anilines is 1. The lowest BCUT2D eigenvalue weighted by Gasteiger charge is -2.15. The van der Waals surface area contributed by atoms with Gasteiger partial charge in [-0.05, 0) is 37.6 Å². The second-order valence-corrected chi connectivity index (χ2v) is 4.25. The summed E-state index contributed by atoms with van der Waals surface area (Å²) in [6.07, 6.45) is 6.51. The minimum absolute atomic E-state index is 0.00364. The predicted octanol–water partition coefficient (Wildman–Crippen LogP) is 2.81. The van der Waals surface area contributed by atoms with Crippen LogP contribution in [0.25, 0.3) is 0 Å². The van der Waals surface area contributed by atoms with Crippen molar-refractivity contribution in [3.63, 3.8) is 0 Å². The highest BCUT2D eigenvalue weighted by Crippen LogP contribution is 2.10. The molecule has 0 aliphatic rings. The summed E-state index contributed by atoms with van der Waals surface area (Å²) in [7, 11) is 0. The standard InChI is InChI=1S/C15H18N2O2/c1-4-6-13(5-2)16-15(19)17-14-9-7-12(8-10-14)11(3)18/h1,7-10,13H,5-6H2,2-3H3,(H2,16,17,19). The smallest absolute Gasteiger partial charge is 0.319 e. The van der Waals surface area contributed by atoms with Crippen LogP contribution >= 0.6 is 0 Å². The summed E-state index contributed by atoms with van der Waals surface area (Å²) in [4.78, 5) is 22.8. The van der Waals surface area contributed by atoms with Crippen LogP contribution in [0, 0.1) is 12.3 Å². The van der Waals surface area contributed by atoms with Crippen molar-refractivity contribution < 1.29 is 9.59 Å². The third kappa shape index (κ3) is 4.84. The number of amides is 2. The van der Waals surface area contributed by atoms with Crippen LogP contribution in [-0.2, 0) is 0 Å². The number of rotatable bonds is 5. The van der Waals surface area contributed by atoms with Gasteiger partial charge in [0, 0.05) is 23.7 Å². The summed E-state index contributed by atoms with van der Waals surface area (Å²) in [6, 6.07) is 6.42. The highest BCUT2D eigenvalue weighted by atomic mass is 16.2. The number of nitrogens with one attached hydrogen (secondary N) is 2. The van der Waals surface area contributed by atoms with Crippen LogP contribution in [0.1, 0.15) is 37.0 Å². The Morgan fingerprint density at radius 1 is 1.32 bits per heavy atom. The zero-order valence-electron chi connectivity index (χ0n) is 11.2. The molecule has 4 nitrogen and oxygen atoms in total. The topological polar surface area (TPSA) is 58.2 Å². The van der Waals surface area contributed by atoms with E-state index in [1.165, 1.54) is 6.92 Å². The van der Waals surface area contributed by atoms with Crippen LogP contribution in [0.15, 0.2) is 24.3 Å². The summed E-state index contributed by atoms with van der Waals surface area (Å²) in [6.45, 7) is 3.46. The molecule has 0 spiro atoms. The Bertz CT molecular complexity index is 486. The average Bonchev–Trinajstić information content (AvgIpc) is 2.38. The average molecular weight is 258 g/mol. The van der Waals surface area contributed by atoms with E-state index in [1.807, 2.05) is 6.92 Å². The second-order valence-electron chi connectivity index (χ2n) is 4.25. The van der Waals surface area contributed by atoms with Crippen molar-refractivity contribution in [2.45, 2.75) is 32.7 Å². The maximum absolute atomic E-state index is 11.7. The Morgan fingerprint density at radius 2 is 1.95 bits per heavy atom. The van der Waals surface area contributed by atoms with Crippen LogP contribution in [0.5, 0.6) is 0 Å². The predicted molar refractivity (Wildman–Crippen MR) is 76.1 cm³/mol. The number of Topliss-reactive ketones (excluding diaryl/α,β-unsaturated/α-hetero) is 1. The molecule has 100 valence electrons. The number of benzene rings is 1. The summed E-state index contributed by atoms with van der Waals surface area (Å²) < 4.78 is 0. The normalized spacial score (nSPS) is 11.2. The first-order valence-electron chi connectivity index (χ1n) is 6.18. The first-order chi connectivity index (χ1) is 9.06. The van der Waals surface area contributed by atoms with Gasteiger partial charge in [0.05, 0.1) is 0 Å². The van der Waals surface area contributed by atoms with Crippen molar-refractivity contribution in [1.29, 1.82) is 0 Å². The molecule has 1 aromatic carbocycles. The molecule has 1 unspecified atom stereocenters. The van der Waals surface area contributed by atoms with Gasteiger partial charge in [-0.2, -0.15) is 0 Å². The van der Waals surface area contributed by atoms with E-state index >= 15 is 0 Å². The highest BCUT2D eigenvalue weighted by molar-refractivity contribution is 5.95. The van der Waals surface area contributed by atoms with E-state index in [1.54, 1.807) is 24.3 Å². The molecule has 4 heteroatoms. The highest BCUT2D eigenvalue weighted by Gasteiger charge is 2.09. The fourth-order valence-corrected chi connectivity index (χ4v) is 1.58. The van der Waals surface area contributed by atoms with Crippen LogP contribution < -0.4 is 10.6 Å². The van der Waals surface area contributed by atoms with Crippen molar-refractivity contribution in [2.75, 3.05) is 5.32 Å². The molecule has 0 aliphatic heterocycles. The molecule has 0 radical (unpaired) electrons. The second kappa shape index (κ2) is 7.22. The maximum atomic E-state index is 11.7. The van der Waals surface area contributed by atoms with Crippen LogP contribution in [-0.4, -0.2) is 17.9 Å². The fourth-order valence-electron chi connectivity index (χ4n) is 1.58. The van der Waals surface area contributed by atoms with E-state index in [2.05, 4.69) is 16.6 Å². The number of carbonyl (C=O) groups is 2. The van der Waals surface area contributed by atoms with Crippen molar-refractivity contribution in [3.05, 3.63) is 29.8 Å². The molecule has 0 aliphatic carbocycles. The number of hydrogen-bond donors (Lipinski definition) is 2. The van der Waals surface area contributed by atoms with Crippen LogP contribution in [0.4, 0.5) is 10.5 Å². The molecule has 2 amide bonds. The summed E-state index contributed by atoms with van der Waals surface area (Å²) in [5.74, 6) is 2.52. The maximum Gasteiger partial charge on any atom is 0.319 e. The van der Waals surface area contributed by atoms with Gasteiger partial charge in [0.15, 0.2) is 5.78 Å². The molecule has 2 N–H and O–H groups in total. The number of terminal acetylenes is 1. The van der Waals surface area contributed by atoms with Crippen molar-refractivity contribution in [3.8, 4) is 12.3 Å². The first kappa shape index (κ1) is 14.8. The largest absolute Gasteiger partial charge is 0.334 e. The lowest BCUT2D eigenvalue weighted by atomic mass is 10.1. The Balaban J connectivity index is 2.57. The molecule has 0 bridgehead atoms. The Morgan fingerprint density at radius 3 is 2.42 bits per heavy atom. The molecule has 0 fully saturated rings. The van der Waals surface area contributed by atoms with Crippen molar-refractivity contribution >= 4 is 17.5 Å². The first-order valence-corrected chi connectivity index (χ1v) is 6.18. The lowest BCUT2D eigenvalue weighted by molar-refractivity contribution is 0.101. The summed E-state index contributed by atoms with van der Waals surface area (Å²) in [5, 5.41) is 5.50. The van der Waals surface area contributed by atoms with Gasteiger partial charge in [0.1, 0.15) is 0 Å². The van der Waals surface area contributed by atoms with Gasteiger partial charge in [-0.25, -0.2) is 4.79 Å². The molecule has 0 saturated carbocycles. The van der Waals surface area contributed by atoms with Crippen LogP contribution in [0.2, 0.25) is 0 Å². The Hall–Kier alpha value is -2.28. The van der Waals surface area contributed by atoms with Gasteiger partial charge in [0.2, 0.25) is 0 Å². The Kier molecular flexibility index (Phi) is 5.62. The fraction of sp³-hybridized carbons (Fsp3) is 0.333. The van der Waals surface area contributed by atoms with E-state index in [-0.39, 0.29) is 17.9 Å². The third-order valence-electron chi connectivity index (χ3n) is 2.74. The zero-order chi connectivity index (χ0) is 14.3. The minimum atomic E-state index is -0.294. The molecule has 19 heavy (non-hydrogen) atoms. The molecule has 1 atom stereocenters. The minimum Gasteiger partial charge on any atom is -0.334 e. The van der Waals surface area contributed by atoms with Gasteiger partial charge < -0.3 is 10.6 Å². The van der Waals surface area contributed by atoms with E-state index in [0.717, 1.165) is 6.42 Å². The van der Waals surface area contributed by atoms with Gasteiger partial charge in [0.25, 0.3) is 0 Å². The molecule has 0 saturated heterocycles. The molecule has 1 rings (SSSR count). The lowest BCUT2D eigenvalue weighted by Crippen LogP contribution is -2.37. The van der Waals surface area contributed by atoms with Crippen LogP contribution in [0.3, 0.4) is 0 Å². The number of urea groups is 1. The van der Waals surface area contributed by atoms with Gasteiger partial charge in [-0.3, -0.25) is 4.79 Å². The zero-order valence-corrected chi connectivity index (χ0v) is 11.2. The summed E-state index contributed by atoms with van der Waals surface area (Å²) in [5.41, 5.74) is 1.25. The Labute approximate surface area is 113 Å². The van der Waals surface area contributed by atoms with E-state index in [4.69, 9.17) is 6.42 Å². The van der Waals surface area contributed by atoms with Gasteiger partial charge in [-0.15, -0.1) is 12.3 Å². The molecule has 0 heterocycles. The monoisotopic (exact) mass is 258 g/mol. The van der Waals surface area contributed by atoms with E-state index < -0.39 is 0 Å². The van der Waals surface area contributed by atoms with Crippen molar-refractivity contribution in [2.24, 2.45) is 0 Å². The van der Waals surface area contributed by atoms with E-state index in [0.29, 0.717) is 17.7 Å². The SMILES string of the molecule is C#CCC(CC)NC(=O)Nc1ccc(C(C)=O)cc1. The quantitative estimate of drug-likeness (QED) is 0.630. The molecular weight excluding hydrogens is 240 g/mol. The molecule has 0 aromatic heterocycles. The summed E-state index contributed by atoms with van der Waals surface area (Å²) >= 11 is 0. The van der Waals surface area contributed by atoms with Gasteiger partial charge in [-0.1, -0.05) is 6.92 Å². The van der Waals surface area contributed by atoms with E-state index in [9.17, 15) is 9.59 Å². The van der Waals surface area contributed by atoms with Gasteiger partial charge >= 0.3 is 6.03 Å². The number of ketones is 1. The molecular formula is C15H18N2O2. The molecule has 1 aromatic rings. The third-order valence-corrected chi connectivity index (χ3v) is 2.74. The number of carbonyl (C=O) groups excluding carboxylic acids is 2. The number of hydrogen-bond acceptors (Lipinski definition) is 2. The van der Waals surface area contributed by atoms with Crippen molar-refractivity contribution in [1.82, 2.24) is 5.32 Å².